The summed E-state index contributed by atoms with van der Waals surface area (Å²) in [7, 11) is 1.85. The molecule has 2 aromatic rings. The van der Waals surface area contributed by atoms with Crippen molar-refractivity contribution in [3.05, 3.63) is 39.9 Å². The molecule has 1 aromatic heterocycles. The van der Waals surface area contributed by atoms with Crippen LogP contribution in [0.1, 0.15) is 29.2 Å². The number of aromatic carboxylic acids is 1. The van der Waals surface area contributed by atoms with Crippen molar-refractivity contribution < 1.29 is 19.4 Å². The summed E-state index contributed by atoms with van der Waals surface area (Å²) in [5.74, 6) is -1.90. The maximum atomic E-state index is 14.4. The molecule has 1 aliphatic rings. The number of carboxylic acids is 1. The van der Waals surface area contributed by atoms with Crippen molar-refractivity contribution in [1.82, 2.24) is 9.47 Å². The fourth-order valence-corrected chi connectivity index (χ4v) is 2.98. The lowest BCUT2D eigenvalue weighted by Gasteiger charge is -2.17. The maximum Gasteiger partial charge on any atom is 0.341 e. The van der Waals surface area contributed by atoms with Crippen LogP contribution in [-0.2, 0) is 0 Å². The van der Waals surface area contributed by atoms with Crippen molar-refractivity contribution in [2.75, 3.05) is 38.6 Å². The van der Waals surface area contributed by atoms with Crippen LogP contribution in [0.15, 0.2) is 23.1 Å². The first-order valence-electron chi connectivity index (χ1n) is 8.57. The number of aliphatic hydroxyl groups is 1. The summed E-state index contributed by atoms with van der Waals surface area (Å²) < 4.78 is 16.2. The number of pyridine rings is 1. The van der Waals surface area contributed by atoms with Crippen LogP contribution >= 0.6 is 0 Å². The van der Waals surface area contributed by atoms with Gasteiger partial charge in [0, 0.05) is 37.3 Å². The molecule has 1 fully saturated rings. The SMILES string of the molecule is CN(CCO)CCNc1cc2c(cc1F)c(=O)c(C(=O)O)cn2C1CC1. The van der Waals surface area contributed by atoms with Gasteiger partial charge in [0.25, 0.3) is 0 Å². The molecule has 0 bridgehead atoms. The van der Waals surface area contributed by atoms with Gasteiger partial charge < -0.3 is 25.0 Å². The minimum atomic E-state index is -1.30. The Morgan fingerprint density at radius 1 is 1.38 bits per heavy atom. The van der Waals surface area contributed by atoms with Gasteiger partial charge in [-0.05, 0) is 32.0 Å². The number of rotatable bonds is 8. The Balaban J connectivity index is 1.96. The number of anilines is 1. The van der Waals surface area contributed by atoms with E-state index in [0.29, 0.717) is 25.2 Å². The molecule has 0 spiro atoms. The van der Waals surface area contributed by atoms with Crippen LogP contribution in [0.4, 0.5) is 10.1 Å². The number of benzene rings is 1. The summed E-state index contributed by atoms with van der Waals surface area (Å²) >= 11 is 0. The number of halogens is 1. The summed E-state index contributed by atoms with van der Waals surface area (Å²) in [6.07, 6.45) is 3.17. The van der Waals surface area contributed by atoms with Crippen LogP contribution < -0.4 is 10.7 Å². The highest BCUT2D eigenvalue weighted by Crippen LogP contribution is 2.37. The molecule has 0 aliphatic heterocycles. The van der Waals surface area contributed by atoms with E-state index in [1.165, 1.54) is 6.20 Å². The van der Waals surface area contributed by atoms with Gasteiger partial charge in [-0.3, -0.25) is 4.79 Å². The van der Waals surface area contributed by atoms with E-state index in [1.807, 2.05) is 11.9 Å². The third-order valence-corrected chi connectivity index (χ3v) is 4.58. The van der Waals surface area contributed by atoms with Crippen LogP contribution in [0.2, 0.25) is 0 Å². The largest absolute Gasteiger partial charge is 0.477 e. The number of carbonyl (C=O) groups is 1. The molecule has 3 N–H and O–H groups in total. The van der Waals surface area contributed by atoms with Crippen LogP contribution in [0.3, 0.4) is 0 Å². The molecular weight excluding hydrogens is 341 g/mol. The summed E-state index contributed by atoms with van der Waals surface area (Å²) in [5.41, 5.74) is -0.199. The van der Waals surface area contributed by atoms with Crippen molar-refractivity contribution in [2.45, 2.75) is 18.9 Å². The van der Waals surface area contributed by atoms with Crippen molar-refractivity contribution in [2.24, 2.45) is 0 Å². The number of hydrogen-bond acceptors (Lipinski definition) is 5. The van der Waals surface area contributed by atoms with E-state index in [-0.39, 0.29) is 29.3 Å². The van der Waals surface area contributed by atoms with E-state index < -0.39 is 17.2 Å². The zero-order valence-electron chi connectivity index (χ0n) is 14.5. The summed E-state index contributed by atoms with van der Waals surface area (Å²) in [5, 5.41) is 21.2. The zero-order chi connectivity index (χ0) is 18.8. The van der Waals surface area contributed by atoms with Crippen LogP contribution in [0, 0.1) is 5.82 Å². The van der Waals surface area contributed by atoms with Gasteiger partial charge in [-0.15, -0.1) is 0 Å². The second-order valence-electron chi connectivity index (χ2n) is 6.62. The summed E-state index contributed by atoms with van der Waals surface area (Å²) in [6.45, 7) is 1.67. The molecule has 0 radical (unpaired) electrons. The number of likely N-dealkylation sites (N-methyl/N-ethyl adjacent to an activating group) is 1. The number of carboxylic acid groups (broad SMARTS) is 1. The molecule has 7 nitrogen and oxygen atoms in total. The highest BCUT2D eigenvalue weighted by atomic mass is 19.1. The van der Waals surface area contributed by atoms with Gasteiger partial charge in [0.1, 0.15) is 11.4 Å². The number of nitrogens with zero attached hydrogens (tertiary/aromatic N) is 2. The molecule has 1 aliphatic carbocycles. The Morgan fingerprint density at radius 2 is 2.12 bits per heavy atom. The Labute approximate surface area is 149 Å². The van der Waals surface area contributed by atoms with Crippen molar-refractivity contribution >= 4 is 22.6 Å². The lowest BCUT2D eigenvalue weighted by molar-refractivity contribution is 0.0695. The Kier molecular flexibility index (Phi) is 5.24. The smallest absolute Gasteiger partial charge is 0.341 e. The molecule has 8 heteroatoms. The third kappa shape index (κ3) is 3.71. The zero-order valence-corrected chi connectivity index (χ0v) is 14.5. The molecule has 140 valence electrons. The highest BCUT2D eigenvalue weighted by molar-refractivity contribution is 5.93. The van der Waals surface area contributed by atoms with Gasteiger partial charge in [-0.2, -0.15) is 0 Å². The molecule has 0 unspecified atom stereocenters. The minimum Gasteiger partial charge on any atom is -0.477 e. The van der Waals surface area contributed by atoms with Crippen LogP contribution in [0.25, 0.3) is 10.9 Å². The van der Waals surface area contributed by atoms with Crippen molar-refractivity contribution in [3.63, 3.8) is 0 Å². The standard InChI is InChI=1S/C18H22FN3O4/c1-21(6-7-23)5-4-20-15-9-16-12(8-14(15)19)17(24)13(18(25)26)10-22(16)11-2-3-11/h8-11,20,23H,2-7H2,1H3,(H,25,26). The molecule has 0 saturated heterocycles. The molecule has 1 saturated carbocycles. The highest BCUT2D eigenvalue weighted by Gasteiger charge is 2.27. The summed E-state index contributed by atoms with van der Waals surface area (Å²) in [6, 6.07) is 2.83. The number of nitrogens with one attached hydrogen (secondary N) is 1. The van der Waals surface area contributed by atoms with E-state index in [9.17, 15) is 19.1 Å². The molecule has 1 heterocycles. The van der Waals surface area contributed by atoms with Gasteiger partial charge in [-0.25, -0.2) is 9.18 Å². The number of aromatic nitrogens is 1. The summed E-state index contributed by atoms with van der Waals surface area (Å²) in [4.78, 5) is 25.6. The maximum absolute atomic E-state index is 14.4. The number of aliphatic hydroxyl groups excluding tert-OH is 1. The van der Waals surface area contributed by atoms with E-state index >= 15 is 0 Å². The minimum absolute atomic E-state index is 0.0560. The average Bonchev–Trinajstić information content (AvgIpc) is 3.41. The van der Waals surface area contributed by atoms with Gasteiger partial charge in [-0.1, -0.05) is 0 Å². The first-order chi connectivity index (χ1) is 12.4. The second-order valence-corrected chi connectivity index (χ2v) is 6.62. The average molecular weight is 363 g/mol. The van der Waals surface area contributed by atoms with E-state index in [0.717, 1.165) is 18.9 Å². The van der Waals surface area contributed by atoms with Crippen LogP contribution in [0.5, 0.6) is 0 Å². The van der Waals surface area contributed by atoms with Crippen molar-refractivity contribution in [1.29, 1.82) is 0 Å². The lowest BCUT2D eigenvalue weighted by atomic mass is 10.1. The van der Waals surface area contributed by atoms with Gasteiger partial charge in [0.05, 0.1) is 17.8 Å². The first kappa shape index (κ1) is 18.3. The van der Waals surface area contributed by atoms with Crippen LogP contribution in [-0.4, -0.2) is 58.9 Å². The quantitative estimate of drug-likeness (QED) is 0.658. The van der Waals surface area contributed by atoms with Crippen molar-refractivity contribution in [3.8, 4) is 0 Å². The number of hydrogen-bond donors (Lipinski definition) is 3. The second kappa shape index (κ2) is 7.43. The van der Waals surface area contributed by atoms with E-state index in [2.05, 4.69) is 5.32 Å². The molecule has 0 atom stereocenters. The Morgan fingerprint density at radius 3 is 2.73 bits per heavy atom. The van der Waals surface area contributed by atoms with Gasteiger partial charge >= 0.3 is 5.97 Å². The fourth-order valence-electron chi connectivity index (χ4n) is 2.98. The Bertz CT molecular complexity index is 892. The normalized spacial score (nSPS) is 14.2. The fraction of sp³-hybridized carbons (Fsp3) is 0.444. The van der Waals surface area contributed by atoms with Gasteiger partial charge in [0.2, 0.25) is 5.43 Å². The topological polar surface area (TPSA) is 94.8 Å². The molecule has 0 amide bonds. The third-order valence-electron chi connectivity index (χ3n) is 4.58. The number of fused-ring (bicyclic) bond motifs is 1. The van der Waals surface area contributed by atoms with E-state index in [1.54, 1.807) is 10.6 Å². The molecular formula is C18H22FN3O4. The monoisotopic (exact) mass is 363 g/mol. The molecule has 3 rings (SSSR count). The Hall–Kier alpha value is -2.45. The van der Waals surface area contributed by atoms with E-state index in [4.69, 9.17) is 5.11 Å². The molecule has 1 aromatic carbocycles. The lowest BCUT2D eigenvalue weighted by Crippen LogP contribution is -2.28. The predicted octanol–water partition coefficient (Wildman–Crippen LogP) is 1.51. The predicted molar refractivity (Wildman–Crippen MR) is 96.5 cm³/mol. The molecule has 26 heavy (non-hydrogen) atoms. The first-order valence-corrected chi connectivity index (χ1v) is 8.57. The van der Waals surface area contributed by atoms with Gasteiger partial charge in [0.15, 0.2) is 0 Å².